The first-order chi connectivity index (χ1) is 5.66. The van der Waals surface area contributed by atoms with Crippen LogP contribution < -0.4 is 0 Å². The van der Waals surface area contributed by atoms with Crippen LogP contribution in [0.15, 0.2) is 0 Å². The molecule has 3 atom stereocenters. The topological polar surface area (TPSA) is 26.3 Å². The predicted octanol–water partition coefficient (Wildman–Crippen LogP) is 1.99. The van der Waals surface area contributed by atoms with Crippen LogP contribution in [0.5, 0.6) is 0 Å². The summed E-state index contributed by atoms with van der Waals surface area (Å²) in [6.07, 6.45) is 4.88. The largest absolute Gasteiger partial charge is 0.469 e. The van der Waals surface area contributed by atoms with Gasteiger partial charge in [0.05, 0.1) is 12.5 Å². The van der Waals surface area contributed by atoms with Crippen molar-refractivity contribution in [3.63, 3.8) is 0 Å². The Hall–Kier alpha value is -0.530. The lowest BCUT2D eigenvalue weighted by molar-refractivity contribution is -0.154. The number of fused-ring (bicyclic) bond motifs is 2. The number of rotatable bonds is 1. The van der Waals surface area contributed by atoms with E-state index in [1.165, 1.54) is 26.4 Å². The van der Waals surface area contributed by atoms with E-state index in [0.717, 1.165) is 12.3 Å². The molecule has 68 valence electrons. The fraction of sp³-hybridized carbons (Fsp3) is 0.900. The Kier molecular flexibility index (Phi) is 1.67. The van der Waals surface area contributed by atoms with Crippen molar-refractivity contribution in [1.82, 2.24) is 0 Å². The van der Waals surface area contributed by atoms with E-state index in [2.05, 4.69) is 6.92 Å². The minimum atomic E-state index is -0.141. The predicted molar refractivity (Wildman–Crippen MR) is 45.6 cm³/mol. The molecule has 2 heteroatoms. The van der Waals surface area contributed by atoms with Crippen LogP contribution in [0.1, 0.15) is 32.6 Å². The van der Waals surface area contributed by atoms with Gasteiger partial charge in [0, 0.05) is 0 Å². The summed E-state index contributed by atoms with van der Waals surface area (Å²) in [5, 5.41) is 0. The molecule has 0 spiro atoms. The molecule has 0 amide bonds. The van der Waals surface area contributed by atoms with Gasteiger partial charge in [0.25, 0.3) is 0 Å². The second-order valence-electron chi connectivity index (χ2n) is 4.49. The summed E-state index contributed by atoms with van der Waals surface area (Å²) in [4.78, 5) is 11.5. The molecule has 0 aromatic rings. The van der Waals surface area contributed by atoms with Crippen molar-refractivity contribution in [2.75, 3.05) is 7.11 Å². The molecule has 0 aromatic heterocycles. The van der Waals surface area contributed by atoms with Crippen LogP contribution in [0.4, 0.5) is 0 Å². The Balaban J connectivity index is 2.17. The molecule has 2 aliphatic rings. The molecular weight excluding hydrogens is 152 g/mol. The van der Waals surface area contributed by atoms with Gasteiger partial charge in [-0.25, -0.2) is 0 Å². The van der Waals surface area contributed by atoms with Gasteiger partial charge >= 0.3 is 5.97 Å². The Morgan fingerprint density at radius 1 is 1.50 bits per heavy atom. The van der Waals surface area contributed by atoms with E-state index in [1.807, 2.05) is 0 Å². The van der Waals surface area contributed by atoms with E-state index in [9.17, 15) is 4.79 Å². The first kappa shape index (κ1) is 8.09. The van der Waals surface area contributed by atoms with Gasteiger partial charge in [0.2, 0.25) is 0 Å². The van der Waals surface area contributed by atoms with Crippen molar-refractivity contribution in [3.8, 4) is 0 Å². The molecule has 12 heavy (non-hydrogen) atoms. The summed E-state index contributed by atoms with van der Waals surface area (Å²) < 4.78 is 4.85. The third kappa shape index (κ3) is 0.900. The first-order valence-electron chi connectivity index (χ1n) is 4.75. The number of ether oxygens (including phenoxy) is 1. The Morgan fingerprint density at radius 2 is 2.25 bits per heavy atom. The molecule has 0 N–H and O–H groups in total. The minimum absolute atomic E-state index is 0.00898. The summed E-state index contributed by atoms with van der Waals surface area (Å²) in [6, 6.07) is 0. The van der Waals surface area contributed by atoms with Gasteiger partial charge < -0.3 is 4.74 Å². The number of esters is 1. The van der Waals surface area contributed by atoms with Gasteiger partial charge in [-0.2, -0.15) is 0 Å². The van der Waals surface area contributed by atoms with Crippen molar-refractivity contribution < 1.29 is 9.53 Å². The normalized spacial score (nSPS) is 44.8. The Bertz CT molecular complexity index is 212. The van der Waals surface area contributed by atoms with Crippen molar-refractivity contribution in [2.24, 2.45) is 17.3 Å². The number of hydrogen-bond donors (Lipinski definition) is 0. The molecule has 2 rings (SSSR count). The summed E-state index contributed by atoms with van der Waals surface area (Å²) in [7, 11) is 1.50. The smallest absolute Gasteiger partial charge is 0.311 e. The summed E-state index contributed by atoms with van der Waals surface area (Å²) >= 11 is 0. The molecule has 0 aromatic carbocycles. The van der Waals surface area contributed by atoms with E-state index < -0.39 is 0 Å². The summed E-state index contributed by atoms with van der Waals surface area (Å²) in [5.41, 5.74) is -0.141. The van der Waals surface area contributed by atoms with Gasteiger partial charge in [0.15, 0.2) is 0 Å². The van der Waals surface area contributed by atoms with Crippen LogP contribution >= 0.6 is 0 Å². The highest BCUT2D eigenvalue weighted by molar-refractivity contribution is 5.77. The molecule has 0 aliphatic heterocycles. The molecular formula is C10H16O2. The van der Waals surface area contributed by atoms with Gasteiger partial charge in [-0.3, -0.25) is 4.79 Å². The van der Waals surface area contributed by atoms with E-state index in [1.54, 1.807) is 0 Å². The quantitative estimate of drug-likeness (QED) is 0.560. The highest BCUT2D eigenvalue weighted by Gasteiger charge is 2.52. The lowest BCUT2D eigenvalue weighted by atomic mass is 9.75. The van der Waals surface area contributed by atoms with E-state index in [0.29, 0.717) is 5.92 Å². The molecule has 2 aliphatic carbocycles. The number of methoxy groups -OCH3 is 1. The molecule has 2 bridgehead atoms. The van der Waals surface area contributed by atoms with Gasteiger partial charge in [0.1, 0.15) is 0 Å². The maximum atomic E-state index is 11.5. The Labute approximate surface area is 73.3 Å². The molecule has 0 radical (unpaired) electrons. The SMILES string of the molecule is COC(=O)[C@@]1(C)C[C@H]2CCC1C2. The highest BCUT2D eigenvalue weighted by atomic mass is 16.5. The standard InChI is InChI=1S/C10H16O2/c1-10(9(11)12-2)6-7-3-4-8(10)5-7/h7-8H,3-6H2,1-2H3/t7-,8?,10-/m0/s1. The maximum Gasteiger partial charge on any atom is 0.311 e. The second kappa shape index (κ2) is 2.48. The lowest BCUT2D eigenvalue weighted by Gasteiger charge is -2.30. The molecule has 0 heterocycles. The minimum Gasteiger partial charge on any atom is -0.469 e. The zero-order valence-electron chi connectivity index (χ0n) is 7.80. The third-order valence-electron chi connectivity index (χ3n) is 3.81. The van der Waals surface area contributed by atoms with E-state index in [-0.39, 0.29) is 11.4 Å². The zero-order chi connectivity index (χ0) is 8.77. The fourth-order valence-corrected chi connectivity index (χ4v) is 3.09. The van der Waals surface area contributed by atoms with Gasteiger partial charge in [-0.15, -0.1) is 0 Å². The molecule has 2 fully saturated rings. The van der Waals surface area contributed by atoms with Crippen molar-refractivity contribution in [3.05, 3.63) is 0 Å². The Morgan fingerprint density at radius 3 is 2.67 bits per heavy atom. The summed E-state index contributed by atoms with van der Waals surface area (Å²) in [6.45, 7) is 2.07. The van der Waals surface area contributed by atoms with E-state index >= 15 is 0 Å². The average Bonchev–Trinajstić information content (AvgIpc) is 2.62. The second-order valence-corrected chi connectivity index (χ2v) is 4.49. The average molecular weight is 168 g/mol. The van der Waals surface area contributed by atoms with E-state index in [4.69, 9.17) is 4.74 Å². The lowest BCUT2D eigenvalue weighted by Crippen LogP contribution is -2.34. The maximum absolute atomic E-state index is 11.5. The first-order valence-corrected chi connectivity index (χ1v) is 4.75. The monoisotopic (exact) mass is 168 g/mol. The molecule has 2 nitrogen and oxygen atoms in total. The number of carbonyl (C=O) groups excluding carboxylic acids is 1. The highest BCUT2D eigenvalue weighted by Crippen LogP contribution is 2.56. The van der Waals surface area contributed by atoms with Gasteiger partial charge in [-0.1, -0.05) is 6.42 Å². The summed E-state index contributed by atoms with van der Waals surface area (Å²) in [5.74, 6) is 1.42. The van der Waals surface area contributed by atoms with Crippen molar-refractivity contribution in [2.45, 2.75) is 32.6 Å². The number of hydrogen-bond acceptors (Lipinski definition) is 2. The number of carbonyl (C=O) groups is 1. The van der Waals surface area contributed by atoms with Crippen LogP contribution in [0.2, 0.25) is 0 Å². The van der Waals surface area contributed by atoms with Crippen LogP contribution in [-0.4, -0.2) is 13.1 Å². The zero-order valence-corrected chi connectivity index (χ0v) is 7.80. The van der Waals surface area contributed by atoms with Crippen LogP contribution in [0.3, 0.4) is 0 Å². The van der Waals surface area contributed by atoms with Crippen molar-refractivity contribution >= 4 is 5.97 Å². The molecule has 0 saturated heterocycles. The molecule has 2 saturated carbocycles. The van der Waals surface area contributed by atoms with Crippen LogP contribution in [0, 0.1) is 17.3 Å². The van der Waals surface area contributed by atoms with Crippen LogP contribution in [0.25, 0.3) is 0 Å². The molecule has 1 unspecified atom stereocenters. The van der Waals surface area contributed by atoms with Gasteiger partial charge in [-0.05, 0) is 38.0 Å². The van der Waals surface area contributed by atoms with Crippen molar-refractivity contribution in [1.29, 1.82) is 0 Å². The van der Waals surface area contributed by atoms with Crippen LogP contribution in [-0.2, 0) is 9.53 Å². The third-order valence-corrected chi connectivity index (χ3v) is 3.81. The fourth-order valence-electron chi connectivity index (χ4n) is 3.09.